The number of para-hydroxylation sites is 1. The second-order valence-corrected chi connectivity index (χ2v) is 6.96. The molecule has 0 bridgehead atoms. The van der Waals surface area contributed by atoms with Crippen molar-refractivity contribution in [3.63, 3.8) is 0 Å². The molecule has 29 heavy (non-hydrogen) atoms. The highest BCUT2D eigenvalue weighted by Gasteiger charge is 2.17. The summed E-state index contributed by atoms with van der Waals surface area (Å²) in [6.45, 7) is 6.74. The minimum atomic E-state index is -0.156. The second kappa shape index (κ2) is 9.79. The van der Waals surface area contributed by atoms with Crippen LogP contribution in [-0.2, 0) is 11.3 Å². The van der Waals surface area contributed by atoms with E-state index in [2.05, 4.69) is 22.1 Å². The van der Waals surface area contributed by atoms with Gasteiger partial charge in [-0.1, -0.05) is 30.0 Å². The smallest absolute Gasteiger partial charge is 0.234 e. The maximum absolute atomic E-state index is 12.3. The van der Waals surface area contributed by atoms with Crippen LogP contribution in [0.3, 0.4) is 0 Å². The van der Waals surface area contributed by atoms with Gasteiger partial charge in [0.25, 0.3) is 0 Å². The van der Waals surface area contributed by atoms with Crippen LogP contribution in [0.15, 0.2) is 66.3 Å². The Bertz CT molecular complexity index is 986. The minimum absolute atomic E-state index is 0.120. The maximum Gasteiger partial charge on any atom is 0.234 e. The number of nitrogens with one attached hydrogen (secondary N) is 1. The number of hydrogen-bond donors (Lipinski definition) is 2. The molecule has 8 heteroatoms. The number of aromatic hydroxyl groups is 1. The molecule has 0 aliphatic rings. The van der Waals surface area contributed by atoms with Gasteiger partial charge in [0.05, 0.1) is 17.9 Å². The number of amides is 1. The first-order valence-corrected chi connectivity index (χ1v) is 10.1. The molecule has 0 spiro atoms. The Kier molecular flexibility index (Phi) is 6.91. The summed E-state index contributed by atoms with van der Waals surface area (Å²) in [5.74, 6) is 1.42. The van der Waals surface area contributed by atoms with Crippen molar-refractivity contribution in [3.8, 4) is 22.9 Å². The van der Waals surface area contributed by atoms with E-state index in [1.54, 1.807) is 36.4 Å². The quantitative estimate of drug-likeness (QED) is 0.410. The van der Waals surface area contributed by atoms with Gasteiger partial charge in [-0.05, 0) is 43.3 Å². The number of ether oxygens (including phenoxy) is 1. The third-order valence-electron chi connectivity index (χ3n) is 3.95. The van der Waals surface area contributed by atoms with E-state index in [1.807, 2.05) is 29.7 Å². The van der Waals surface area contributed by atoms with E-state index in [0.717, 1.165) is 5.75 Å². The van der Waals surface area contributed by atoms with Gasteiger partial charge in [-0.2, -0.15) is 0 Å². The summed E-state index contributed by atoms with van der Waals surface area (Å²) in [6.07, 6.45) is 1.72. The number of carbonyl (C=O) groups excluding carboxylic acids is 1. The lowest BCUT2D eigenvalue weighted by atomic mass is 10.2. The van der Waals surface area contributed by atoms with Gasteiger partial charge in [0.15, 0.2) is 11.0 Å². The summed E-state index contributed by atoms with van der Waals surface area (Å²) in [5, 5.41) is 21.9. The fourth-order valence-corrected chi connectivity index (χ4v) is 3.43. The third-order valence-corrected chi connectivity index (χ3v) is 4.92. The lowest BCUT2D eigenvalue weighted by Crippen LogP contribution is -2.14. The molecular formula is C21H22N4O3S. The largest absolute Gasteiger partial charge is 0.507 e. The molecule has 1 amide bonds. The van der Waals surface area contributed by atoms with E-state index < -0.39 is 0 Å². The van der Waals surface area contributed by atoms with E-state index in [-0.39, 0.29) is 17.4 Å². The van der Waals surface area contributed by atoms with E-state index in [0.29, 0.717) is 35.4 Å². The molecule has 150 valence electrons. The lowest BCUT2D eigenvalue weighted by molar-refractivity contribution is -0.113. The van der Waals surface area contributed by atoms with Crippen LogP contribution in [0, 0.1) is 0 Å². The number of hydrogen-bond acceptors (Lipinski definition) is 6. The first-order valence-electron chi connectivity index (χ1n) is 9.10. The summed E-state index contributed by atoms with van der Waals surface area (Å²) in [7, 11) is 0. The van der Waals surface area contributed by atoms with Crippen molar-refractivity contribution in [2.45, 2.75) is 18.6 Å². The number of thioether (sulfide) groups is 1. The Hall–Kier alpha value is -3.26. The molecule has 0 saturated heterocycles. The number of carbonyl (C=O) groups is 1. The van der Waals surface area contributed by atoms with Crippen molar-refractivity contribution in [2.75, 3.05) is 17.7 Å². The molecule has 1 heterocycles. The first-order chi connectivity index (χ1) is 14.1. The predicted octanol–water partition coefficient (Wildman–Crippen LogP) is 3.97. The van der Waals surface area contributed by atoms with Crippen LogP contribution in [0.2, 0.25) is 0 Å². The molecule has 0 aliphatic heterocycles. The number of benzene rings is 2. The molecule has 3 aromatic rings. The standard InChI is InChI=1S/C21H22N4O3S/c1-3-13-25-20(17-7-5-6-8-18(17)26)23-24-21(25)29-14-19(27)22-15-9-11-16(12-10-15)28-4-2/h3,5-12,26H,1,4,13-14H2,2H3,(H,22,27). The highest BCUT2D eigenvalue weighted by Crippen LogP contribution is 2.30. The maximum atomic E-state index is 12.3. The van der Waals surface area contributed by atoms with Gasteiger partial charge in [0, 0.05) is 12.2 Å². The van der Waals surface area contributed by atoms with Crippen LogP contribution in [-0.4, -0.2) is 38.1 Å². The predicted molar refractivity (Wildman–Crippen MR) is 114 cm³/mol. The van der Waals surface area contributed by atoms with Crippen LogP contribution in [0.25, 0.3) is 11.4 Å². The monoisotopic (exact) mass is 410 g/mol. The molecule has 0 saturated carbocycles. The number of rotatable bonds is 9. The summed E-state index contributed by atoms with van der Waals surface area (Å²) >= 11 is 1.27. The Morgan fingerprint density at radius 2 is 2.00 bits per heavy atom. The normalized spacial score (nSPS) is 10.5. The van der Waals surface area contributed by atoms with Gasteiger partial charge < -0.3 is 15.2 Å². The van der Waals surface area contributed by atoms with Crippen molar-refractivity contribution in [3.05, 3.63) is 61.2 Å². The van der Waals surface area contributed by atoms with Crippen LogP contribution in [0.5, 0.6) is 11.5 Å². The molecule has 1 aromatic heterocycles. The fraction of sp³-hybridized carbons (Fsp3) is 0.190. The van der Waals surface area contributed by atoms with Gasteiger partial charge >= 0.3 is 0 Å². The molecule has 0 atom stereocenters. The Labute approximate surface area is 173 Å². The van der Waals surface area contributed by atoms with Gasteiger partial charge in [-0.3, -0.25) is 9.36 Å². The van der Waals surface area contributed by atoms with Gasteiger partial charge in [0.2, 0.25) is 5.91 Å². The van der Waals surface area contributed by atoms with Crippen LogP contribution in [0.1, 0.15) is 6.92 Å². The molecule has 2 N–H and O–H groups in total. The molecule has 7 nitrogen and oxygen atoms in total. The summed E-state index contributed by atoms with van der Waals surface area (Å²) in [4.78, 5) is 12.3. The van der Waals surface area contributed by atoms with Gasteiger partial charge in [-0.15, -0.1) is 16.8 Å². The molecule has 0 fully saturated rings. The zero-order chi connectivity index (χ0) is 20.6. The average Bonchev–Trinajstić information content (AvgIpc) is 3.11. The topological polar surface area (TPSA) is 89.3 Å². The van der Waals surface area contributed by atoms with Crippen molar-refractivity contribution < 1.29 is 14.6 Å². The Morgan fingerprint density at radius 1 is 1.24 bits per heavy atom. The number of nitrogens with zero attached hydrogens (tertiary/aromatic N) is 3. The molecule has 0 aliphatic carbocycles. The van der Waals surface area contributed by atoms with E-state index in [9.17, 15) is 9.90 Å². The van der Waals surface area contributed by atoms with Crippen molar-refractivity contribution in [2.24, 2.45) is 0 Å². The van der Waals surface area contributed by atoms with Crippen molar-refractivity contribution >= 4 is 23.4 Å². The zero-order valence-electron chi connectivity index (χ0n) is 16.0. The molecule has 0 radical (unpaired) electrons. The third kappa shape index (κ3) is 5.17. The van der Waals surface area contributed by atoms with Crippen LogP contribution < -0.4 is 10.1 Å². The summed E-state index contributed by atoms with van der Waals surface area (Å²) < 4.78 is 7.21. The molecular weight excluding hydrogens is 388 g/mol. The Morgan fingerprint density at radius 3 is 2.69 bits per heavy atom. The summed E-state index contributed by atoms with van der Waals surface area (Å²) in [5.41, 5.74) is 1.27. The number of phenols is 1. The highest BCUT2D eigenvalue weighted by atomic mass is 32.2. The van der Waals surface area contributed by atoms with Crippen molar-refractivity contribution in [1.82, 2.24) is 14.8 Å². The molecule has 3 rings (SSSR count). The van der Waals surface area contributed by atoms with Gasteiger partial charge in [0.1, 0.15) is 11.5 Å². The first kappa shape index (κ1) is 20.5. The molecule has 0 unspecified atom stereocenters. The van der Waals surface area contributed by atoms with E-state index in [1.165, 1.54) is 11.8 Å². The average molecular weight is 410 g/mol. The number of anilines is 1. The van der Waals surface area contributed by atoms with Crippen molar-refractivity contribution in [1.29, 1.82) is 0 Å². The summed E-state index contributed by atoms with van der Waals surface area (Å²) in [6, 6.07) is 14.1. The van der Waals surface area contributed by atoms with E-state index >= 15 is 0 Å². The fourth-order valence-electron chi connectivity index (χ4n) is 2.68. The highest BCUT2D eigenvalue weighted by molar-refractivity contribution is 7.99. The molecule has 2 aromatic carbocycles. The van der Waals surface area contributed by atoms with Gasteiger partial charge in [-0.25, -0.2) is 0 Å². The lowest BCUT2D eigenvalue weighted by Gasteiger charge is -2.09. The number of allylic oxidation sites excluding steroid dienone is 1. The number of phenolic OH excluding ortho intramolecular Hbond substituents is 1. The number of aromatic nitrogens is 3. The second-order valence-electron chi connectivity index (χ2n) is 6.02. The Balaban J connectivity index is 1.67. The van der Waals surface area contributed by atoms with Crippen LogP contribution >= 0.6 is 11.8 Å². The zero-order valence-corrected chi connectivity index (χ0v) is 16.9. The minimum Gasteiger partial charge on any atom is -0.507 e. The van der Waals surface area contributed by atoms with E-state index in [4.69, 9.17) is 4.74 Å². The van der Waals surface area contributed by atoms with Crippen LogP contribution in [0.4, 0.5) is 5.69 Å². The SMILES string of the molecule is C=CCn1c(SCC(=O)Nc2ccc(OCC)cc2)nnc1-c1ccccc1O.